The van der Waals surface area contributed by atoms with Crippen LogP contribution in [0.15, 0.2) is 60.8 Å². The zero-order chi connectivity index (χ0) is 28.7. The molecule has 2 heterocycles. The van der Waals surface area contributed by atoms with Crippen LogP contribution < -0.4 is 11.1 Å². The van der Waals surface area contributed by atoms with Crippen molar-refractivity contribution in [3.05, 3.63) is 88.8 Å². The molecule has 0 saturated heterocycles. The van der Waals surface area contributed by atoms with Crippen LogP contribution in [0.1, 0.15) is 80.3 Å². The Morgan fingerprint density at radius 2 is 1.85 bits per heavy atom. The fourth-order valence-electron chi connectivity index (χ4n) is 5.61. The summed E-state index contributed by atoms with van der Waals surface area (Å²) in [5, 5.41) is 3.15. The van der Waals surface area contributed by atoms with Gasteiger partial charge >= 0.3 is 6.09 Å². The summed E-state index contributed by atoms with van der Waals surface area (Å²) in [4.78, 5) is 29.2. The van der Waals surface area contributed by atoms with Crippen molar-refractivity contribution in [3.8, 4) is 11.3 Å². The number of aryl methyl sites for hydroxylation is 1. The Balaban J connectivity index is 1.57. The number of amides is 2. The fourth-order valence-corrected chi connectivity index (χ4v) is 5.61. The van der Waals surface area contributed by atoms with Crippen LogP contribution in [0.25, 0.3) is 23.0 Å². The molecule has 2 aliphatic rings. The Morgan fingerprint density at radius 1 is 1.12 bits per heavy atom. The number of hydrogen-bond donors (Lipinski definition) is 2. The van der Waals surface area contributed by atoms with E-state index in [-0.39, 0.29) is 12.0 Å². The first-order valence-electron chi connectivity index (χ1n) is 13.9. The van der Waals surface area contributed by atoms with E-state index in [2.05, 4.69) is 71.4 Å². The van der Waals surface area contributed by atoms with Gasteiger partial charge in [0, 0.05) is 23.8 Å². The van der Waals surface area contributed by atoms with Gasteiger partial charge < -0.3 is 20.2 Å². The second-order valence-electron chi connectivity index (χ2n) is 11.9. The van der Waals surface area contributed by atoms with Gasteiger partial charge in [-0.05, 0) is 88.6 Å². The first-order valence-corrected chi connectivity index (χ1v) is 13.9. The van der Waals surface area contributed by atoms with Crippen LogP contribution >= 0.6 is 0 Å². The topological polar surface area (TPSA) is 98.7 Å². The summed E-state index contributed by atoms with van der Waals surface area (Å²) >= 11 is 0. The molecule has 1 unspecified atom stereocenters. The smallest absolute Gasteiger partial charge is 0.408 e. The lowest BCUT2D eigenvalue weighted by molar-refractivity contribution is -0.113. The van der Waals surface area contributed by atoms with Gasteiger partial charge in [0.2, 0.25) is 5.91 Å². The molecular weight excluding hydrogens is 500 g/mol. The molecule has 1 fully saturated rings. The van der Waals surface area contributed by atoms with Crippen LogP contribution in [0.4, 0.5) is 4.79 Å². The van der Waals surface area contributed by atoms with Crippen molar-refractivity contribution in [2.75, 3.05) is 0 Å². The molecule has 2 aromatic heterocycles. The van der Waals surface area contributed by atoms with Crippen LogP contribution in [0.3, 0.4) is 0 Å². The summed E-state index contributed by atoms with van der Waals surface area (Å²) in [6.45, 7) is 9.73. The third-order valence-corrected chi connectivity index (χ3v) is 7.96. The summed E-state index contributed by atoms with van der Waals surface area (Å²) in [5.41, 5.74) is 12.5. The molecule has 0 spiro atoms. The Bertz CT molecular complexity index is 1550. The minimum Gasteiger partial charge on any atom is -0.444 e. The number of pyridine rings is 1. The van der Waals surface area contributed by atoms with Gasteiger partial charge in [-0.2, -0.15) is 0 Å². The summed E-state index contributed by atoms with van der Waals surface area (Å²) in [7, 11) is 0. The second-order valence-corrected chi connectivity index (χ2v) is 11.9. The predicted octanol–water partition coefficient (Wildman–Crippen LogP) is 6.62. The zero-order valence-electron chi connectivity index (χ0n) is 24.0. The number of primary amides is 1. The van der Waals surface area contributed by atoms with Crippen molar-refractivity contribution < 1.29 is 14.3 Å². The average molecular weight is 539 g/mol. The fraction of sp³-hybridized carbons (Fsp3) is 0.364. The largest absolute Gasteiger partial charge is 0.444 e. The Hall–Kier alpha value is -4.13. The quantitative estimate of drug-likeness (QED) is 0.345. The molecule has 2 aliphatic carbocycles. The number of aromatic nitrogens is 2. The van der Waals surface area contributed by atoms with Gasteiger partial charge in [-0.25, -0.2) is 9.78 Å². The minimum absolute atomic E-state index is 0.150. The van der Waals surface area contributed by atoms with E-state index in [1.807, 2.05) is 27.7 Å². The number of carbonyl (C=O) groups excluding carboxylic acids is 2. The monoisotopic (exact) mass is 538 g/mol. The van der Waals surface area contributed by atoms with E-state index in [1.165, 1.54) is 6.08 Å². The van der Waals surface area contributed by atoms with Crippen LogP contribution in [-0.2, 0) is 15.1 Å². The molecule has 3 aromatic rings. The maximum absolute atomic E-state index is 12.6. The van der Waals surface area contributed by atoms with Gasteiger partial charge in [0.05, 0.1) is 16.9 Å². The number of fused-ring (bicyclic) bond motifs is 1. The third kappa shape index (κ3) is 5.33. The molecule has 0 bridgehead atoms. The summed E-state index contributed by atoms with van der Waals surface area (Å²) < 4.78 is 7.72. The van der Waals surface area contributed by atoms with Gasteiger partial charge in [0.1, 0.15) is 11.2 Å². The summed E-state index contributed by atoms with van der Waals surface area (Å²) in [5.74, 6) is -0.328. The van der Waals surface area contributed by atoms with Crippen molar-refractivity contribution in [3.63, 3.8) is 0 Å². The van der Waals surface area contributed by atoms with Crippen molar-refractivity contribution in [1.29, 1.82) is 0 Å². The number of nitrogens with one attached hydrogen (secondary N) is 1. The van der Waals surface area contributed by atoms with Crippen LogP contribution in [0, 0.1) is 13.8 Å². The van der Waals surface area contributed by atoms with Crippen molar-refractivity contribution in [2.45, 2.75) is 77.4 Å². The summed E-state index contributed by atoms with van der Waals surface area (Å²) in [6.07, 6.45) is 17.1. The normalized spacial score (nSPS) is 18.2. The van der Waals surface area contributed by atoms with E-state index in [0.29, 0.717) is 0 Å². The predicted molar refractivity (Wildman–Crippen MR) is 159 cm³/mol. The number of alkyl carbamates (subject to hydrolysis) is 1. The standard InChI is InChI=1S/C33H38N4O3/c1-21-22(2)30-35-28(29(24-10-7-6-8-11-24)37(30)20-25(21)14-17-27(34)38)23-12-15-26(16-13-23)33(18-9-19-33)36-31(39)40-32(3,4)5/h6-8,10,12-17,20,24H,9,11,18-19H2,1-5H3,(H2,34,38)(H,36,39)/b17-14+. The van der Waals surface area contributed by atoms with Gasteiger partial charge in [-0.1, -0.05) is 48.6 Å². The highest BCUT2D eigenvalue weighted by molar-refractivity contribution is 5.90. The number of carbonyl (C=O) groups is 2. The van der Waals surface area contributed by atoms with E-state index in [1.54, 1.807) is 6.08 Å². The lowest BCUT2D eigenvalue weighted by Crippen LogP contribution is -2.52. The van der Waals surface area contributed by atoms with Gasteiger partial charge in [0.25, 0.3) is 0 Å². The minimum atomic E-state index is -0.548. The molecule has 40 heavy (non-hydrogen) atoms. The molecule has 7 heteroatoms. The molecule has 3 N–H and O–H groups in total. The first-order chi connectivity index (χ1) is 19.0. The highest BCUT2D eigenvalue weighted by Gasteiger charge is 2.41. The zero-order valence-corrected chi connectivity index (χ0v) is 24.0. The lowest BCUT2D eigenvalue weighted by atomic mass is 9.71. The maximum atomic E-state index is 12.6. The molecule has 208 valence electrons. The van der Waals surface area contributed by atoms with Gasteiger partial charge in [0.15, 0.2) is 0 Å². The van der Waals surface area contributed by atoms with Crippen LogP contribution in [0.5, 0.6) is 0 Å². The number of imidazole rings is 1. The van der Waals surface area contributed by atoms with Crippen molar-refractivity contribution in [1.82, 2.24) is 14.7 Å². The molecule has 1 aromatic carbocycles. The van der Waals surface area contributed by atoms with Crippen molar-refractivity contribution in [2.24, 2.45) is 5.73 Å². The molecular formula is C33H38N4O3. The number of nitrogens with two attached hydrogens (primary N) is 1. The molecule has 7 nitrogen and oxygen atoms in total. The maximum Gasteiger partial charge on any atom is 0.408 e. The molecule has 5 rings (SSSR count). The van der Waals surface area contributed by atoms with Crippen LogP contribution in [-0.4, -0.2) is 27.0 Å². The number of ether oxygens (including phenoxy) is 1. The Morgan fingerprint density at radius 3 is 2.42 bits per heavy atom. The second kappa shape index (κ2) is 10.5. The first kappa shape index (κ1) is 27.4. The molecule has 0 aliphatic heterocycles. The summed E-state index contributed by atoms with van der Waals surface area (Å²) in [6, 6.07) is 8.43. The van der Waals surface area contributed by atoms with Gasteiger partial charge in [-0.15, -0.1) is 0 Å². The number of nitrogens with zero attached hydrogens (tertiary/aromatic N) is 2. The van der Waals surface area contributed by atoms with Crippen LogP contribution in [0.2, 0.25) is 0 Å². The molecule has 1 atom stereocenters. The molecule has 1 saturated carbocycles. The van der Waals surface area contributed by atoms with E-state index in [0.717, 1.165) is 70.5 Å². The van der Waals surface area contributed by atoms with E-state index in [4.69, 9.17) is 15.5 Å². The van der Waals surface area contributed by atoms with E-state index in [9.17, 15) is 9.59 Å². The number of allylic oxidation sites excluding steroid dienone is 4. The van der Waals surface area contributed by atoms with Gasteiger partial charge in [-0.3, -0.25) is 4.79 Å². The highest BCUT2D eigenvalue weighted by Crippen LogP contribution is 2.43. The number of rotatable bonds is 6. The average Bonchev–Trinajstić information content (AvgIpc) is 3.26. The van der Waals surface area contributed by atoms with E-state index < -0.39 is 17.0 Å². The Labute approximate surface area is 235 Å². The highest BCUT2D eigenvalue weighted by atomic mass is 16.6. The third-order valence-electron chi connectivity index (χ3n) is 7.96. The lowest BCUT2D eigenvalue weighted by Gasteiger charge is -2.43. The number of hydrogen-bond acceptors (Lipinski definition) is 4. The van der Waals surface area contributed by atoms with E-state index >= 15 is 0 Å². The molecule has 0 radical (unpaired) electrons. The number of benzene rings is 1. The Kier molecular flexibility index (Phi) is 7.17. The van der Waals surface area contributed by atoms with Crippen molar-refractivity contribution >= 4 is 23.7 Å². The molecule has 2 amide bonds. The SMILES string of the molecule is Cc1c(/C=C/C(N)=O)cn2c(C3C=CC=CC3)c(-c3ccc(C4(NC(=O)OC(C)(C)C)CCC4)cc3)nc2c1C.